The molecular weight excluding hydrogens is 224 g/mol. The Labute approximate surface area is 97.8 Å². The molecule has 2 N–H and O–H groups in total. The summed E-state index contributed by atoms with van der Waals surface area (Å²) in [6.45, 7) is 0.794. The molecule has 0 saturated carbocycles. The Morgan fingerprint density at radius 2 is 2.25 bits per heavy atom. The van der Waals surface area contributed by atoms with E-state index >= 15 is 0 Å². The highest BCUT2D eigenvalue weighted by molar-refractivity contribution is 8.00. The Kier molecular flexibility index (Phi) is 3.46. The van der Waals surface area contributed by atoms with E-state index in [2.05, 4.69) is 10.3 Å². The van der Waals surface area contributed by atoms with Gasteiger partial charge in [-0.2, -0.15) is 11.8 Å². The minimum Gasteiger partial charge on any atom is -0.478 e. The van der Waals surface area contributed by atoms with Gasteiger partial charge in [0.05, 0.1) is 23.5 Å². The van der Waals surface area contributed by atoms with Crippen LogP contribution in [0.25, 0.3) is 0 Å². The number of hydrogen-bond donors (Lipinski definition) is 2. The molecule has 5 heteroatoms. The lowest BCUT2D eigenvalue weighted by atomic mass is 10.2. The molecule has 0 aromatic heterocycles. The lowest BCUT2D eigenvalue weighted by molar-refractivity contribution is 0.0698. The zero-order chi connectivity index (χ0) is 11.4. The van der Waals surface area contributed by atoms with Gasteiger partial charge < -0.3 is 10.4 Å². The molecule has 1 aliphatic heterocycles. The number of amidine groups is 1. The minimum absolute atomic E-state index is 0.278. The van der Waals surface area contributed by atoms with E-state index in [4.69, 9.17) is 5.11 Å². The number of rotatable bonds is 2. The molecule has 0 aliphatic carbocycles. The third-order valence-corrected chi connectivity index (χ3v) is 3.16. The standard InChI is InChI=1S/C11H12N2O2S/c14-11(15)8-3-1-2-4-9(8)13-10-7-16-6-5-12-10/h1-4H,5-7H2,(H,12,13)(H,14,15). The van der Waals surface area contributed by atoms with Crippen molar-refractivity contribution in [3.8, 4) is 0 Å². The van der Waals surface area contributed by atoms with Crippen LogP contribution in [0.3, 0.4) is 0 Å². The smallest absolute Gasteiger partial charge is 0.337 e. The predicted octanol–water partition coefficient (Wildman–Crippen LogP) is 1.94. The van der Waals surface area contributed by atoms with E-state index in [0.717, 1.165) is 23.9 Å². The number of nitrogens with one attached hydrogen (secondary N) is 1. The van der Waals surface area contributed by atoms with Crippen LogP contribution < -0.4 is 5.32 Å². The number of para-hydroxylation sites is 1. The summed E-state index contributed by atoms with van der Waals surface area (Å²) in [6.07, 6.45) is 0. The van der Waals surface area contributed by atoms with Crippen molar-refractivity contribution in [3.05, 3.63) is 29.8 Å². The van der Waals surface area contributed by atoms with Crippen molar-refractivity contribution >= 4 is 29.3 Å². The number of hydrogen-bond acceptors (Lipinski definition) is 4. The van der Waals surface area contributed by atoms with E-state index in [1.54, 1.807) is 30.0 Å². The van der Waals surface area contributed by atoms with E-state index in [1.807, 2.05) is 6.07 Å². The maximum absolute atomic E-state index is 11.0. The summed E-state index contributed by atoms with van der Waals surface area (Å²) in [6, 6.07) is 6.86. The molecule has 0 atom stereocenters. The van der Waals surface area contributed by atoms with Crippen LogP contribution in [0.15, 0.2) is 29.3 Å². The lowest BCUT2D eigenvalue weighted by Crippen LogP contribution is -2.21. The van der Waals surface area contributed by atoms with Crippen LogP contribution in [0.4, 0.5) is 5.69 Å². The maximum Gasteiger partial charge on any atom is 0.337 e. The normalized spacial score (nSPS) is 15.4. The molecule has 0 spiro atoms. The van der Waals surface area contributed by atoms with Gasteiger partial charge in [0.1, 0.15) is 5.84 Å². The predicted molar refractivity (Wildman–Crippen MR) is 66.7 cm³/mol. The summed E-state index contributed by atoms with van der Waals surface area (Å²) in [5.74, 6) is 1.77. The quantitative estimate of drug-likeness (QED) is 0.823. The Morgan fingerprint density at radius 3 is 2.94 bits per heavy atom. The first kappa shape index (κ1) is 11.0. The summed E-state index contributed by atoms with van der Waals surface area (Å²) in [5, 5.41) is 12.1. The van der Waals surface area contributed by atoms with Crippen LogP contribution in [-0.2, 0) is 0 Å². The highest BCUT2D eigenvalue weighted by Crippen LogP contribution is 2.17. The van der Waals surface area contributed by atoms with E-state index < -0.39 is 5.97 Å². The fourth-order valence-corrected chi connectivity index (χ4v) is 2.19. The zero-order valence-electron chi connectivity index (χ0n) is 8.64. The number of carbonyl (C=O) groups is 1. The average molecular weight is 236 g/mol. The van der Waals surface area contributed by atoms with Gasteiger partial charge in [-0.25, -0.2) is 4.79 Å². The second-order valence-electron chi connectivity index (χ2n) is 3.36. The number of aromatic carboxylic acids is 1. The average Bonchev–Trinajstić information content (AvgIpc) is 2.31. The minimum atomic E-state index is -0.924. The van der Waals surface area contributed by atoms with Crippen LogP contribution in [0.1, 0.15) is 10.4 Å². The van der Waals surface area contributed by atoms with Crippen LogP contribution in [0.2, 0.25) is 0 Å². The van der Waals surface area contributed by atoms with Crippen molar-refractivity contribution < 1.29 is 9.90 Å². The molecule has 1 heterocycles. The molecule has 0 radical (unpaired) electrons. The lowest BCUT2D eigenvalue weighted by Gasteiger charge is -2.14. The first-order valence-corrected chi connectivity index (χ1v) is 6.13. The number of carboxylic acid groups (broad SMARTS) is 1. The Hall–Kier alpha value is -1.49. The molecule has 1 aromatic rings. The molecule has 0 amide bonds. The zero-order valence-corrected chi connectivity index (χ0v) is 9.46. The van der Waals surface area contributed by atoms with Crippen molar-refractivity contribution in [2.45, 2.75) is 0 Å². The van der Waals surface area contributed by atoms with Crippen LogP contribution in [0, 0.1) is 0 Å². The number of nitrogens with zero attached hydrogens (tertiary/aromatic N) is 1. The van der Waals surface area contributed by atoms with E-state index in [9.17, 15) is 4.79 Å². The van der Waals surface area contributed by atoms with Crippen LogP contribution in [0.5, 0.6) is 0 Å². The molecule has 84 valence electrons. The second-order valence-corrected chi connectivity index (χ2v) is 4.46. The topological polar surface area (TPSA) is 61.7 Å². The molecule has 16 heavy (non-hydrogen) atoms. The van der Waals surface area contributed by atoms with E-state index in [1.165, 1.54) is 0 Å². The largest absolute Gasteiger partial charge is 0.478 e. The van der Waals surface area contributed by atoms with Gasteiger partial charge in [-0.05, 0) is 12.1 Å². The van der Waals surface area contributed by atoms with Gasteiger partial charge in [0.2, 0.25) is 0 Å². The summed E-state index contributed by atoms with van der Waals surface area (Å²) in [5.41, 5.74) is 0.886. The Balaban J connectivity index is 2.20. The molecule has 0 fully saturated rings. The monoisotopic (exact) mass is 236 g/mol. The number of benzene rings is 1. The van der Waals surface area contributed by atoms with Gasteiger partial charge in [0.15, 0.2) is 0 Å². The van der Waals surface area contributed by atoms with Crippen LogP contribution >= 0.6 is 11.8 Å². The SMILES string of the molecule is O=C(O)c1ccccc1NC1=NCCSC1. The van der Waals surface area contributed by atoms with Gasteiger partial charge in [-0.15, -0.1) is 0 Å². The van der Waals surface area contributed by atoms with Crippen molar-refractivity contribution in [2.75, 3.05) is 23.4 Å². The summed E-state index contributed by atoms with van der Waals surface area (Å²) in [7, 11) is 0. The second kappa shape index (κ2) is 5.03. The molecule has 1 aliphatic rings. The number of aliphatic imine (C=N–C) groups is 1. The fraction of sp³-hybridized carbons (Fsp3) is 0.273. The third-order valence-electron chi connectivity index (χ3n) is 2.21. The van der Waals surface area contributed by atoms with Gasteiger partial charge in [0, 0.05) is 5.75 Å². The highest BCUT2D eigenvalue weighted by Gasteiger charge is 2.11. The maximum atomic E-state index is 11.0. The van der Waals surface area contributed by atoms with Crippen molar-refractivity contribution in [3.63, 3.8) is 0 Å². The van der Waals surface area contributed by atoms with E-state index in [-0.39, 0.29) is 5.56 Å². The molecule has 0 unspecified atom stereocenters. The summed E-state index contributed by atoms with van der Waals surface area (Å²) >= 11 is 1.80. The first-order chi connectivity index (χ1) is 7.77. The van der Waals surface area contributed by atoms with Crippen molar-refractivity contribution in [1.82, 2.24) is 0 Å². The van der Waals surface area contributed by atoms with Crippen molar-refractivity contribution in [1.29, 1.82) is 0 Å². The molecule has 2 rings (SSSR count). The van der Waals surface area contributed by atoms with Crippen LogP contribution in [-0.4, -0.2) is 35.0 Å². The number of anilines is 1. The Morgan fingerprint density at radius 1 is 1.44 bits per heavy atom. The summed E-state index contributed by atoms with van der Waals surface area (Å²) in [4.78, 5) is 15.3. The third kappa shape index (κ3) is 2.55. The molecule has 4 nitrogen and oxygen atoms in total. The summed E-state index contributed by atoms with van der Waals surface area (Å²) < 4.78 is 0. The number of thioether (sulfide) groups is 1. The van der Waals surface area contributed by atoms with Gasteiger partial charge >= 0.3 is 5.97 Å². The number of carboxylic acids is 1. The van der Waals surface area contributed by atoms with Crippen molar-refractivity contribution in [2.24, 2.45) is 4.99 Å². The molecule has 0 bridgehead atoms. The highest BCUT2D eigenvalue weighted by atomic mass is 32.2. The van der Waals surface area contributed by atoms with E-state index in [0.29, 0.717) is 5.69 Å². The van der Waals surface area contributed by atoms with Gasteiger partial charge in [0.25, 0.3) is 0 Å². The van der Waals surface area contributed by atoms with Gasteiger partial charge in [-0.1, -0.05) is 12.1 Å². The molecule has 1 aromatic carbocycles. The fourth-order valence-electron chi connectivity index (χ4n) is 1.47. The Bertz CT molecular complexity index is 432. The first-order valence-electron chi connectivity index (χ1n) is 4.98. The molecular formula is C11H12N2O2S. The molecule has 0 saturated heterocycles. The van der Waals surface area contributed by atoms with Gasteiger partial charge in [-0.3, -0.25) is 4.99 Å².